The summed E-state index contributed by atoms with van der Waals surface area (Å²) in [6.07, 6.45) is 1.32. The molecule has 3 heteroatoms. The van der Waals surface area contributed by atoms with Crippen molar-refractivity contribution in [3.63, 3.8) is 0 Å². The first kappa shape index (κ1) is 13.5. The van der Waals surface area contributed by atoms with Crippen LogP contribution in [0.5, 0.6) is 5.75 Å². The lowest BCUT2D eigenvalue weighted by atomic mass is 9.96. The maximum absolute atomic E-state index is 10.6. The van der Waals surface area contributed by atoms with Gasteiger partial charge in [0.25, 0.3) is 0 Å². The van der Waals surface area contributed by atoms with Gasteiger partial charge in [-0.1, -0.05) is 35.9 Å². The molecule has 0 saturated carbocycles. The van der Waals surface area contributed by atoms with Crippen molar-refractivity contribution in [3.05, 3.63) is 63.7 Å². The van der Waals surface area contributed by atoms with Crippen LogP contribution in [0.15, 0.2) is 36.4 Å². The number of halogens is 1. The predicted molar refractivity (Wildman–Crippen MR) is 80.5 cm³/mol. The van der Waals surface area contributed by atoms with E-state index in [1.54, 1.807) is 0 Å². The van der Waals surface area contributed by atoms with Gasteiger partial charge in [0.05, 0.1) is 6.61 Å². The number of rotatable bonds is 2. The number of fused-ring (bicyclic) bond motifs is 1. The van der Waals surface area contributed by atoms with Gasteiger partial charge in [0.2, 0.25) is 0 Å². The van der Waals surface area contributed by atoms with Crippen molar-refractivity contribution in [3.8, 4) is 5.75 Å². The summed E-state index contributed by atoms with van der Waals surface area (Å²) in [4.78, 5) is 0. The summed E-state index contributed by atoms with van der Waals surface area (Å²) in [7, 11) is 0. The molecular formula is C17H17ClO2. The molecule has 0 saturated heterocycles. The molecule has 2 aromatic rings. The molecule has 20 heavy (non-hydrogen) atoms. The zero-order valence-corrected chi connectivity index (χ0v) is 12.2. The van der Waals surface area contributed by atoms with Crippen LogP contribution < -0.4 is 4.74 Å². The van der Waals surface area contributed by atoms with Crippen molar-refractivity contribution in [1.82, 2.24) is 0 Å². The summed E-state index contributed by atoms with van der Waals surface area (Å²) in [5, 5.41) is 11.2. The minimum absolute atomic E-state index is 0.633. The Kier molecular flexibility index (Phi) is 3.68. The van der Waals surface area contributed by atoms with E-state index < -0.39 is 6.10 Å². The number of aliphatic hydroxyl groups is 1. The van der Waals surface area contributed by atoms with Crippen LogP contribution in [-0.4, -0.2) is 11.7 Å². The number of aryl methyl sites for hydroxylation is 2. The van der Waals surface area contributed by atoms with Gasteiger partial charge in [0.15, 0.2) is 0 Å². The summed E-state index contributed by atoms with van der Waals surface area (Å²) in [6.45, 7) is 2.72. The molecule has 1 N–H and O–H groups in total. The van der Waals surface area contributed by atoms with E-state index in [2.05, 4.69) is 0 Å². The molecular weight excluding hydrogens is 272 g/mol. The summed E-state index contributed by atoms with van der Waals surface area (Å²) in [5.74, 6) is 0.933. The molecule has 1 heterocycles. The monoisotopic (exact) mass is 288 g/mol. The molecule has 104 valence electrons. The minimum atomic E-state index is -0.699. The van der Waals surface area contributed by atoms with E-state index >= 15 is 0 Å². The maximum Gasteiger partial charge on any atom is 0.122 e. The number of hydrogen-bond acceptors (Lipinski definition) is 2. The molecule has 1 atom stereocenters. The second-order valence-corrected chi connectivity index (χ2v) is 5.58. The van der Waals surface area contributed by atoms with Gasteiger partial charge >= 0.3 is 0 Å². The van der Waals surface area contributed by atoms with Crippen LogP contribution in [0.3, 0.4) is 0 Å². The highest BCUT2D eigenvalue weighted by molar-refractivity contribution is 6.32. The Morgan fingerprint density at radius 2 is 2.10 bits per heavy atom. The lowest BCUT2D eigenvalue weighted by Crippen LogP contribution is -2.10. The van der Waals surface area contributed by atoms with Crippen LogP contribution in [0.2, 0.25) is 5.02 Å². The van der Waals surface area contributed by atoms with Gasteiger partial charge in [0, 0.05) is 10.6 Å². The van der Waals surface area contributed by atoms with E-state index in [9.17, 15) is 5.11 Å². The number of aliphatic hydroxyl groups excluding tert-OH is 1. The molecule has 1 unspecified atom stereocenters. The highest BCUT2D eigenvalue weighted by atomic mass is 35.5. The van der Waals surface area contributed by atoms with Crippen LogP contribution >= 0.6 is 11.6 Å². The second-order valence-electron chi connectivity index (χ2n) is 5.20. The largest absolute Gasteiger partial charge is 0.493 e. The quantitative estimate of drug-likeness (QED) is 0.903. The van der Waals surface area contributed by atoms with Crippen molar-refractivity contribution >= 4 is 11.6 Å². The number of benzene rings is 2. The summed E-state index contributed by atoms with van der Waals surface area (Å²) in [5.41, 5.74) is 3.76. The third-order valence-electron chi connectivity index (χ3n) is 3.76. The van der Waals surface area contributed by atoms with Crippen molar-refractivity contribution < 1.29 is 9.84 Å². The van der Waals surface area contributed by atoms with Gasteiger partial charge in [0.1, 0.15) is 11.9 Å². The molecule has 0 aliphatic carbocycles. The average molecular weight is 289 g/mol. The highest BCUT2D eigenvalue weighted by Gasteiger charge is 2.18. The van der Waals surface area contributed by atoms with E-state index in [-0.39, 0.29) is 0 Å². The summed E-state index contributed by atoms with van der Waals surface area (Å²) >= 11 is 6.30. The molecule has 0 bridgehead atoms. The van der Waals surface area contributed by atoms with E-state index in [1.165, 1.54) is 0 Å². The summed E-state index contributed by atoms with van der Waals surface area (Å²) in [6, 6.07) is 11.6. The smallest absolute Gasteiger partial charge is 0.122 e. The van der Waals surface area contributed by atoms with Crippen LogP contribution in [0, 0.1) is 6.92 Å². The Morgan fingerprint density at radius 1 is 1.25 bits per heavy atom. The second kappa shape index (κ2) is 5.47. The lowest BCUT2D eigenvalue weighted by Gasteiger charge is -2.20. The van der Waals surface area contributed by atoms with Crippen molar-refractivity contribution in [1.29, 1.82) is 0 Å². The standard InChI is InChI=1S/C17H17ClO2/c1-11-4-2-6-14(16(11)18)17(19)13-7-8-15-12(10-13)5-3-9-20-15/h2,4,6-8,10,17,19H,3,5,9H2,1H3. The van der Waals surface area contributed by atoms with Crippen molar-refractivity contribution in [2.75, 3.05) is 6.61 Å². The van der Waals surface area contributed by atoms with E-state index in [1.807, 2.05) is 43.3 Å². The summed E-state index contributed by atoms with van der Waals surface area (Å²) < 4.78 is 5.60. The van der Waals surface area contributed by atoms with Crippen LogP contribution in [0.1, 0.15) is 34.8 Å². The average Bonchev–Trinajstić information content (AvgIpc) is 2.49. The van der Waals surface area contributed by atoms with Gasteiger partial charge in [-0.05, 0) is 48.6 Å². The van der Waals surface area contributed by atoms with E-state index in [4.69, 9.17) is 16.3 Å². The van der Waals surface area contributed by atoms with E-state index in [0.717, 1.165) is 47.5 Å². The molecule has 0 fully saturated rings. The lowest BCUT2D eigenvalue weighted by molar-refractivity contribution is 0.219. The third-order valence-corrected chi connectivity index (χ3v) is 4.28. The first-order valence-corrected chi connectivity index (χ1v) is 7.23. The third kappa shape index (κ3) is 2.41. The molecule has 2 nitrogen and oxygen atoms in total. The minimum Gasteiger partial charge on any atom is -0.493 e. The van der Waals surface area contributed by atoms with Crippen LogP contribution in [-0.2, 0) is 6.42 Å². The first-order chi connectivity index (χ1) is 9.66. The fraction of sp³-hybridized carbons (Fsp3) is 0.294. The number of ether oxygens (including phenoxy) is 1. The van der Waals surface area contributed by atoms with Gasteiger partial charge in [-0.2, -0.15) is 0 Å². The molecule has 2 aromatic carbocycles. The molecule has 0 spiro atoms. The maximum atomic E-state index is 10.6. The van der Waals surface area contributed by atoms with Gasteiger partial charge < -0.3 is 9.84 Å². The number of hydrogen-bond donors (Lipinski definition) is 1. The molecule has 1 aliphatic heterocycles. The normalized spacial score (nSPS) is 15.3. The Morgan fingerprint density at radius 3 is 2.95 bits per heavy atom. The van der Waals surface area contributed by atoms with Gasteiger partial charge in [-0.3, -0.25) is 0 Å². The Balaban J connectivity index is 1.98. The SMILES string of the molecule is Cc1cccc(C(O)c2ccc3c(c2)CCCO3)c1Cl. The Bertz CT molecular complexity index is 637. The van der Waals surface area contributed by atoms with Crippen LogP contribution in [0.25, 0.3) is 0 Å². The molecule has 3 rings (SSSR count). The fourth-order valence-electron chi connectivity index (χ4n) is 2.61. The molecule has 0 aromatic heterocycles. The zero-order valence-electron chi connectivity index (χ0n) is 11.4. The topological polar surface area (TPSA) is 29.5 Å². The fourth-order valence-corrected chi connectivity index (χ4v) is 2.84. The Labute approximate surface area is 124 Å². The van der Waals surface area contributed by atoms with Gasteiger partial charge in [-0.25, -0.2) is 0 Å². The first-order valence-electron chi connectivity index (χ1n) is 6.85. The van der Waals surface area contributed by atoms with Crippen molar-refractivity contribution in [2.45, 2.75) is 25.9 Å². The van der Waals surface area contributed by atoms with Crippen molar-refractivity contribution in [2.24, 2.45) is 0 Å². The Hall–Kier alpha value is -1.51. The molecule has 0 radical (unpaired) electrons. The predicted octanol–water partition coefficient (Wildman–Crippen LogP) is 4.06. The van der Waals surface area contributed by atoms with Crippen LogP contribution in [0.4, 0.5) is 0 Å². The molecule has 1 aliphatic rings. The van der Waals surface area contributed by atoms with E-state index in [0.29, 0.717) is 5.02 Å². The highest BCUT2D eigenvalue weighted by Crippen LogP contribution is 2.33. The molecule has 0 amide bonds. The zero-order chi connectivity index (χ0) is 14.1. The van der Waals surface area contributed by atoms with Gasteiger partial charge in [-0.15, -0.1) is 0 Å².